The van der Waals surface area contributed by atoms with Crippen LogP contribution in [0.5, 0.6) is 0 Å². The maximum Gasteiger partial charge on any atom is 0.251 e. The van der Waals surface area contributed by atoms with Gasteiger partial charge in [-0.05, 0) is 43.9 Å². The third-order valence-electron chi connectivity index (χ3n) is 3.72. The lowest BCUT2D eigenvalue weighted by Gasteiger charge is -2.20. The lowest BCUT2D eigenvalue weighted by Crippen LogP contribution is -2.37. The van der Waals surface area contributed by atoms with Crippen LogP contribution in [0.1, 0.15) is 48.5 Å². The molecule has 0 aliphatic heterocycles. The summed E-state index contributed by atoms with van der Waals surface area (Å²) in [7, 11) is 0. The molecular formula is C15H18N2O. The zero-order chi connectivity index (χ0) is 13.0. The fraction of sp³-hybridized carbons (Fsp3) is 0.467. The minimum Gasteiger partial charge on any atom is -0.349 e. The molecule has 94 valence electrons. The van der Waals surface area contributed by atoms with E-state index in [0.717, 1.165) is 0 Å². The molecule has 0 radical (unpaired) electrons. The molecule has 1 fully saturated rings. The van der Waals surface area contributed by atoms with Gasteiger partial charge in [0.2, 0.25) is 0 Å². The number of nitrogens with one attached hydrogen (secondary N) is 1. The van der Waals surface area contributed by atoms with Crippen LogP contribution in [0.25, 0.3) is 0 Å². The van der Waals surface area contributed by atoms with Crippen molar-refractivity contribution in [3.63, 3.8) is 0 Å². The van der Waals surface area contributed by atoms with Gasteiger partial charge in [-0.3, -0.25) is 4.79 Å². The monoisotopic (exact) mass is 242 g/mol. The molecule has 0 bridgehead atoms. The molecule has 1 aliphatic carbocycles. The summed E-state index contributed by atoms with van der Waals surface area (Å²) in [6, 6.07) is 9.10. The molecule has 0 aromatic heterocycles. The van der Waals surface area contributed by atoms with Crippen LogP contribution in [0.2, 0.25) is 0 Å². The van der Waals surface area contributed by atoms with Crippen molar-refractivity contribution in [2.75, 3.05) is 0 Å². The highest BCUT2D eigenvalue weighted by atomic mass is 16.1. The van der Waals surface area contributed by atoms with Crippen molar-refractivity contribution in [3.05, 3.63) is 35.4 Å². The summed E-state index contributed by atoms with van der Waals surface area (Å²) < 4.78 is 0. The summed E-state index contributed by atoms with van der Waals surface area (Å²) >= 11 is 0. The van der Waals surface area contributed by atoms with Gasteiger partial charge in [0.25, 0.3) is 5.91 Å². The summed E-state index contributed by atoms with van der Waals surface area (Å²) in [6.07, 6.45) is 4.96. The number of hydrogen-bond donors (Lipinski definition) is 1. The van der Waals surface area contributed by atoms with E-state index in [4.69, 9.17) is 5.26 Å². The lowest BCUT2D eigenvalue weighted by molar-refractivity contribution is 0.0927. The Kier molecular flexibility index (Phi) is 3.99. The van der Waals surface area contributed by atoms with Crippen molar-refractivity contribution < 1.29 is 4.79 Å². The molecule has 1 aromatic rings. The minimum absolute atomic E-state index is 0.0773. The Morgan fingerprint density at radius 3 is 2.83 bits per heavy atom. The number of rotatable bonds is 3. The third-order valence-corrected chi connectivity index (χ3v) is 3.72. The molecule has 1 atom stereocenters. The van der Waals surface area contributed by atoms with Gasteiger partial charge in [-0.15, -0.1) is 0 Å². The Morgan fingerprint density at radius 2 is 2.17 bits per heavy atom. The summed E-state index contributed by atoms with van der Waals surface area (Å²) in [4.78, 5) is 12.1. The molecule has 0 saturated heterocycles. The number of carbonyl (C=O) groups excluding carboxylic acids is 1. The average Bonchev–Trinajstić information content (AvgIpc) is 2.92. The predicted octanol–water partition coefficient (Wildman–Crippen LogP) is 2.87. The van der Waals surface area contributed by atoms with E-state index in [2.05, 4.69) is 18.3 Å². The van der Waals surface area contributed by atoms with Crippen molar-refractivity contribution >= 4 is 5.91 Å². The first-order valence-corrected chi connectivity index (χ1v) is 6.51. The minimum atomic E-state index is -0.0773. The van der Waals surface area contributed by atoms with Crippen LogP contribution in [0.4, 0.5) is 0 Å². The molecule has 1 N–H and O–H groups in total. The van der Waals surface area contributed by atoms with Gasteiger partial charge in [0, 0.05) is 11.6 Å². The highest BCUT2D eigenvalue weighted by Crippen LogP contribution is 2.27. The summed E-state index contributed by atoms with van der Waals surface area (Å²) in [6.45, 7) is 2.07. The summed E-state index contributed by atoms with van der Waals surface area (Å²) in [5, 5.41) is 11.9. The fourth-order valence-corrected chi connectivity index (χ4v) is 2.60. The van der Waals surface area contributed by atoms with E-state index in [0.29, 0.717) is 17.0 Å². The van der Waals surface area contributed by atoms with Gasteiger partial charge in [-0.2, -0.15) is 5.26 Å². The highest BCUT2D eigenvalue weighted by Gasteiger charge is 2.23. The van der Waals surface area contributed by atoms with Crippen molar-refractivity contribution in [1.82, 2.24) is 5.32 Å². The Hall–Kier alpha value is -1.82. The van der Waals surface area contributed by atoms with Crippen molar-refractivity contribution in [1.29, 1.82) is 5.26 Å². The van der Waals surface area contributed by atoms with E-state index in [-0.39, 0.29) is 11.9 Å². The first-order chi connectivity index (χ1) is 8.70. The van der Waals surface area contributed by atoms with Crippen LogP contribution in [-0.2, 0) is 0 Å². The first kappa shape index (κ1) is 12.6. The fourth-order valence-electron chi connectivity index (χ4n) is 2.60. The summed E-state index contributed by atoms with van der Waals surface area (Å²) in [5.41, 5.74) is 1.09. The van der Waals surface area contributed by atoms with E-state index >= 15 is 0 Å². The largest absolute Gasteiger partial charge is 0.349 e. The van der Waals surface area contributed by atoms with E-state index in [1.165, 1.54) is 25.7 Å². The Bertz CT molecular complexity index is 470. The van der Waals surface area contributed by atoms with E-state index in [9.17, 15) is 4.79 Å². The molecule has 3 heteroatoms. The number of nitrogens with zero attached hydrogens (tertiary/aromatic N) is 1. The van der Waals surface area contributed by atoms with Crippen molar-refractivity contribution in [2.45, 2.75) is 38.6 Å². The maximum absolute atomic E-state index is 12.1. The van der Waals surface area contributed by atoms with Crippen LogP contribution < -0.4 is 5.32 Å². The standard InChI is InChI=1S/C15H18N2O/c1-11(13-6-2-3-7-13)17-15(18)14-8-4-5-12(9-14)10-16/h4-5,8-9,11,13H,2-3,6-7H2,1H3,(H,17,18). The third kappa shape index (κ3) is 2.89. The van der Waals surface area contributed by atoms with E-state index in [1.54, 1.807) is 24.3 Å². The second-order valence-corrected chi connectivity index (χ2v) is 5.00. The molecule has 1 aromatic carbocycles. The predicted molar refractivity (Wildman–Crippen MR) is 70.0 cm³/mol. The Balaban J connectivity index is 2.00. The van der Waals surface area contributed by atoms with E-state index < -0.39 is 0 Å². The maximum atomic E-state index is 12.1. The van der Waals surface area contributed by atoms with Gasteiger partial charge in [0.1, 0.15) is 0 Å². The molecule has 0 spiro atoms. The quantitative estimate of drug-likeness (QED) is 0.886. The normalized spacial score (nSPS) is 17.1. The number of benzene rings is 1. The Morgan fingerprint density at radius 1 is 1.44 bits per heavy atom. The SMILES string of the molecule is CC(NC(=O)c1cccc(C#N)c1)C1CCCC1. The zero-order valence-electron chi connectivity index (χ0n) is 10.6. The molecule has 1 aliphatic rings. The Labute approximate surface area is 108 Å². The highest BCUT2D eigenvalue weighted by molar-refractivity contribution is 5.94. The van der Waals surface area contributed by atoms with Crippen molar-refractivity contribution in [3.8, 4) is 6.07 Å². The topological polar surface area (TPSA) is 52.9 Å². The zero-order valence-corrected chi connectivity index (χ0v) is 10.6. The molecule has 0 heterocycles. The average molecular weight is 242 g/mol. The van der Waals surface area contributed by atoms with Crippen LogP contribution in [-0.4, -0.2) is 11.9 Å². The molecule has 3 nitrogen and oxygen atoms in total. The van der Waals surface area contributed by atoms with Crippen LogP contribution in [0.15, 0.2) is 24.3 Å². The summed E-state index contributed by atoms with van der Waals surface area (Å²) in [5.74, 6) is 0.527. The molecule has 1 unspecified atom stereocenters. The van der Waals surface area contributed by atoms with Gasteiger partial charge in [-0.25, -0.2) is 0 Å². The second kappa shape index (κ2) is 5.68. The van der Waals surface area contributed by atoms with Crippen LogP contribution >= 0.6 is 0 Å². The van der Waals surface area contributed by atoms with Crippen molar-refractivity contribution in [2.24, 2.45) is 5.92 Å². The second-order valence-electron chi connectivity index (χ2n) is 5.00. The van der Waals surface area contributed by atoms with Gasteiger partial charge in [0.15, 0.2) is 0 Å². The number of nitriles is 1. The van der Waals surface area contributed by atoms with Gasteiger partial charge in [0.05, 0.1) is 11.6 Å². The van der Waals surface area contributed by atoms with E-state index in [1.807, 2.05) is 0 Å². The molecule has 1 saturated carbocycles. The number of hydrogen-bond acceptors (Lipinski definition) is 2. The smallest absolute Gasteiger partial charge is 0.251 e. The van der Waals surface area contributed by atoms with Crippen LogP contribution in [0, 0.1) is 17.2 Å². The van der Waals surface area contributed by atoms with Gasteiger partial charge >= 0.3 is 0 Å². The number of amides is 1. The molecule has 1 amide bonds. The molecule has 18 heavy (non-hydrogen) atoms. The first-order valence-electron chi connectivity index (χ1n) is 6.51. The lowest BCUT2D eigenvalue weighted by atomic mass is 9.99. The van der Waals surface area contributed by atoms with Crippen LogP contribution in [0.3, 0.4) is 0 Å². The van der Waals surface area contributed by atoms with Gasteiger partial charge in [-0.1, -0.05) is 18.9 Å². The van der Waals surface area contributed by atoms with Gasteiger partial charge < -0.3 is 5.32 Å². The number of carbonyl (C=O) groups is 1. The molecular weight excluding hydrogens is 224 g/mol. The molecule has 2 rings (SSSR count).